The third-order valence-corrected chi connectivity index (χ3v) is 5.28. The van der Waals surface area contributed by atoms with E-state index in [4.69, 9.17) is 0 Å². The number of rotatable bonds is 5. The van der Waals surface area contributed by atoms with Crippen molar-refractivity contribution in [3.63, 3.8) is 0 Å². The van der Waals surface area contributed by atoms with Crippen LogP contribution in [-0.2, 0) is 22.6 Å². The van der Waals surface area contributed by atoms with E-state index in [1.807, 2.05) is 19.2 Å². The second-order valence-electron chi connectivity index (χ2n) is 7.11. The Balaban J connectivity index is 1.70. The van der Waals surface area contributed by atoms with Gasteiger partial charge in [-0.05, 0) is 62.3 Å². The van der Waals surface area contributed by atoms with E-state index in [9.17, 15) is 9.59 Å². The molecule has 4 rings (SSSR count). The lowest BCUT2D eigenvalue weighted by atomic mass is 9.92. The molecule has 1 aliphatic heterocycles. The van der Waals surface area contributed by atoms with Crippen LogP contribution in [0.3, 0.4) is 0 Å². The summed E-state index contributed by atoms with van der Waals surface area (Å²) in [7, 11) is 0. The summed E-state index contributed by atoms with van der Waals surface area (Å²) >= 11 is 0. The molecule has 2 aliphatic carbocycles. The Hall–Kier alpha value is -2.49. The van der Waals surface area contributed by atoms with Crippen molar-refractivity contribution in [2.24, 2.45) is 5.92 Å². The number of carbonyl (C=O) groups excluding carboxylic acids is 2. The van der Waals surface area contributed by atoms with Gasteiger partial charge in [-0.15, -0.1) is 0 Å². The molecule has 0 aromatic carbocycles. The fourth-order valence-electron chi connectivity index (χ4n) is 3.53. The summed E-state index contributed by atoms with van der Waals surface area (Å²) in [5.74, 6) is 0.630. The maximum absolute atomic E-state index is 12.8. The van der Waals surface area contributed by atoms with E-state index >= 15 is 0 Å². The van der Waals surface area contributed by atoms with Crippen molar-refractivity contribution in [3.8, 4) is 0 Å². The van der Waals surface area contributed by atoms with Gasteiger partial charge >= 0.3 is 0 Å². The molecule has 4 heteroatoms. The van der Waals surface area contributed by atoms with E-state index in [2.05, 4.69) is 18.0 Å². The monoisotopic (exact) mass is 334 g/mol. The molecule has 2 heterocycles. The Labute approximate surface area is 147 Å². The van der Waals surface area contributed by atoms with Crippen LogP contribution in [0.5, 0.6) is 0 Å². The van der Waals surface area contributed by atoms with Gasteiger partial charge in [0.15, 0.2) is 5.78 Å². The largest absolute Gasteiger partial charge is 0.302 e. The number of pyridine rings is 1. The molecule has 0 saturated heterocycles. The summed E-state index contributed by atoms with van der Waals surface area (Å²) in [5.41, 5.74) is 5.28. The van der Waals surface area contributed by atoms with Gasteiger partial charge in [-0.2, -0.15) is 0 Å². The molecule has 25 heavy (non-hydrogen) atoms. The Morgan fingerprint density at radius 3 is 2.64 bits per heavy atom. The zero-order chi connectivity index (χ0) is 17.6. The van der Waals surface area contributed by atoms with Gasteiger partial charge in [0, 0.05) is 22.9 Å². The fraction of sp³-hybridized carbons (Fsp3) is 0.381. The molecule has 0 unspecified atom stereocenters. The van der Waals surface area contributed by atoms with Gasteiger partial charge in [-0.25, -0.2) is 0 Å². The van der Waals surface area contributed by atoms with Crippen molar-refractivity contribution in [2.75, 3.05) is 0 Å². The van der Waals surface area contributed by atoms with E-state index in [-0.39, 0.29) is 11.7 Å². The predicted octanol–water partition coefficient (Wildman–Crippen LogP) is 3.50. The minimum Gasteiger partial charge on any atom is -0.302 e. The summed E-state index contributed by atoms with van der Waals surface area (Å²) in [4.78, 5) is 31.5. The molecule has 3 aliphatic rings. The third-order valence-electron chi connectivity index (χ3n) is 5.28. The molecule has 1 aromatic heterocycles. The van der Waals surface area contributed by atoms with Gasteiger partial charge in [0.25, 0.3) is 5.91 Å². The average Bonchev–Trinajstić information content (AvgIpc) is 3.41. The van der Waals surface area contributed by atoms with Crippen LogP contribution >= 0.6 is 0 Å². The molecule has 1 fully saturated rings. The summed E-state index contributed by atoms with van der Waals surface area (Å²) in [6, 6.07) is 4.02. The normalized spacial score (nSPS) is 20.0. The lowest BCUT2D eigenvalue weighted by molar-refractivity contribution is -0.124. The van der Waals surface area contributed by atoms with Crippen molar-refractivity contribution < 1.29 is 9.59 Å². The first-order valence-electron chi connectivity index (χ1n) is 9.01. The number of nitrogens with zero attached hydrogens (tertiary/aromatic N) is 2. The second-order valence-corrected chi connectivity index (χ2v) is 7.11. The highest BCUT2D eigenvalue weighted by molar-refractivity contribution is 6.11. The fourth-order valence-corrected chi connectivity index (χ4v) is 3.53. The average molecular weight is 334 g/mol. The minimum absolute atomic E-state index is 0.0148. The number of carbonyl (C=O) groups is 2. The van der Waals surface area contributed by atoms with Crippen LogP contribution < -0.4 is 0 Å². The highest BCUT2D eigenvalue weighted by atomic mass is 16.2. The maximum atomic E-state index is 12.8. The van der Waals surface area contributed by atoms with Crippen molar-refractivity contribution in [1.29, 1.82) is 0 Å². The first kappa shape index (κ1) is 16.0. The molecular formula is C21H22N2O2. The SMILES string of the molecule is CCc1ccc(CN2C(=O)C(C)=C3C=CC(=O)C(CC4CC4)=C32)nc1. The Morgan fingerprint density at radius 1 is 1.20 bits per heavy atom. The Morgan fingerprint density at radius 2 is 2.00 bits per heavy atom. The number of aryl methyl sites for hydroxylation is 1. The zero-order valence-corrected chi connectivity index (χ0v) is 14.7. The molecule has 0 radical (unpaired) electrons. The predicted molar refractivity (Wildman–Crippen MR) is 95.4 cm³/mol. The van der Waals surface area contributed by atoms with Crippen LogP contribution in [-0.4, -0.2) is 21.6 Å². The summed E-state index contributed by atoms with van der Waals surface area (Å²) in [5, 5.41) is 0. The van der Waals surface area contributed by atoms with Crippen LogP contribution in [0.2, 0.25) is 0 Å². The van der Waals surface area contributed by atoms with Gasteiger partial charge < -0.3 is 4.90 Å². The van der Waals surface area contributed by atoms with Crippen molar-refractivity contribution in [3.05, 3.63) is 64.2 Å². The minimum atomic E-state index is -0.0148. The lowest BCUT2D eigenvalue weighted by Crippen LogP contribution is -2.28. The van der Waals surface area contributed by atoms with Gasteiger partial charge in [0.1, 0.15) is 0 Å². The number of hydrogen-bond acceptors (Lipinski definition) is 3. The van der Waals surface area contributed by atoms with E-state index in [0.717, 1.165) is 41.0 Å². The van der Waals surface area contributed by atoms with Gasteiger partial charge in [-0.1, -0.05) is 13.0 Å². The van der Waals surface area contributed by atoms with Crippen molar-refractivity contribution in [2.45, 2.75) is 46.1 Å². The Kier molecular flexibility index (Phi) is 3.91. The summed E-state index contributed by atoms with van der Waals surface area (Å²) < 4.78 is 0. The molecule has 0 N–H and O–H groups in total. The van der Waals surface area contributed by atoms with Crippen LogP contribution in [0.1, 0.15) is 44.4 Å². The van der Waals surface area contributed by atoms with Gasteiger partial charge in [0.05, 0.1) is 17.9 Å². The van der Waals surface area contributed by atoms with Crippen LogP contribution in [0.25, 0.3) is 0 Å². The van der Waals surface area contributed by atoms with Crippen LogP contribution in [0.15, 0.2) is 52.9 Å². The van der Waals surface area contributed by atoms with E-state index in [1.54, 1.807) is 17.1 Å². The number of aromatic nitrogens is 1. The maximum Gasteiger partial charge on any atom is 0.254 e. The molecule has 0 bridgehead atoms. The number of ketones is 1. The molecule has 1 saturated carbocycles. The summed E-state index contributed by atoms with van der Waals surface area (Å²) in [6.07, 6.45) is 9.36. The van der Waals surface area contributed by atoms with Crippen molar-refractivity contribution in [1.82, 2.24) is 9.88 Å². The Bertz CT molecular complexity index is 839. The number of fused-ring (bicyclic) bond motifs is 1. The van der Waals surface area contributed by atoms with Crippen molar-refractivity contribution >= 4 is 11.7 Å². The second kappa shape index (κ2) is 6.10. The molecule has 1 amide bonds. The van der Waals surface area contributed by atoms with E-state index < -0.39 is 0 Å². The van der Waals surface area contributed by atoms with Crippen LogP contribution in [0.4, 0.5) is 0 Å². The highest BCUT2D eigenvalue weighted by Gasteiger charge is 2.38. The molecule has 4 nitrogen and oxygen atoms in total. The number of amides is 1. The lowest BCUT2D eigenvalue weighted by Gasteiger charge is -2.24. The van der Waals surface area contributed by atoms with Gasteiger partial charge in [-0.3, -0.25) is 14.6 Å². The smallest absolute Gasteiger partial charge is 0.254 e. The first-order valence-corrected chi connectivity index (χ1v) is 9.01. The van der Waals surface area contributed by atoms with Gasteiger partial charge in [0.2, 0.25) is 0 Å². The number of allylic oxidation sites excluding steroid dienone is 3. The summed E-state index contributed by atoms with van der Waals surface area (Å²) in [6.45, 7) is 4.35. The molecule has 1 aromatic rings. The first-order chi connectivity index (χ1) is 12.1. The molecule has 0 atom stereocenters. The van der Waals surface area contributed by atoms with E-state index in [0.29, 0.717) is 12.5 Å². The van der Waals surface area contributed by atoms with Crippen LogP contribution in [0, 0.1) is 5.92 Å². The zero-order valence-electron chi connectivity index (χ0n) is 14.7. The van der Waals surface area contributed by atoms with E-state index in [1.165, 1.54) is 18.4 Å². The molecule has 128 valence electrons. The highest BCUT2D eigenvalue weighted by Crippen LogP contribution is 2.42. The topological polar surface area (TPSA) is 50.3 Å². The number of hydrogen-bond donors (Lipinski definition) is 0. The molecule has 0 spiro atoms. The standard InChI is InChI=1S/C21H22N2O2/c1-3-14-6-7-16(22-11-14)12-23-20-17(13(2)21(23)25)8-9-19(24)18(20)10-15-4-5-15/h6-9,11,15H,3-5,10,12H2,1-2H3. The quantitative estimate of drug-likeness (QED) is 0.828. The third kappa shape index (κ3) is 2.86. The molecular weight excluding hydrogens is 312 g/mol.